The first kappa shape index (κ1) is 15.8. The molecule has 1 fully saturated rings. The lowest BCUT2D eigenvalue weighted by Gasteiger charge is -2.28. The average molecular weight is 290 g/mol. The summed E-state index contributed by atoms with van der Waals surface area (Å²) in [5.74, 6) is 1.65. The lowest BCUT2D eigenvalue weighted by molar-refractivity contribution is -0.121. The van der Waals surface area contributed by atoms with Gasteiger partial charge in [-0.2, -0.15) is 0 Å². The van der Waals surface area contributed by atoms with Crippen LogP contribution < -0.4 is 10.1 Å². The zero-order chi connectivity index (χ0) is 15.1. The molecule has 0 spiro atoms. The van der Waals surface area contributed by atoms with E-state index in [0.717, 1.165) is 31.8 Å². The second kappa shape index (κ2) is 8.03. The normalized spacial score (nSPS) is 16.7. The second-order valence-electron chi connectivity index (χ2n) is 5.90. The highest BCUT2D eigenvalue weighted by molar-refractivity contribution is 5.76. The van der Waals surface area contributed by atoms with Crippen molar-refractivity contribution >= 4 is 5.91 Å². The van der Waals surface area contributed by atoms with Gasteiger partial charge in [0.05, 0.1) is 7.11 Å². The Hall–Kier alpha value is -1.55. The fourth-order valence-electron chi connectivity index (χ4n) is 2.66. The fraction of sp³-hybridized carbons (Fsp3) is 0.588. The molecule has 1 aromatic rings. The molecule has 1 N–H and O–H groups in total. The van der Waals surface area contributed by atoms with Crippen molar-refractivity contribution in [2.75, 3.05) is 33.8 Å². The molecule has 4 heteroatoms. The number of ether oxygens (including phenoxy) is 1. The van der Waals surface area contributed by atoms with E-state index in [1.807, 2.05) is 24.3 Å². The minimum absolute atomic E-state index is 0.157. The third kappa shape index (κ3) is 5.38. The van der Waals surface area contributed by atoms with Gasteiger partial charge in [0.15, 0.2) is 0 Å². The van der Waals surface area contributed by atoms with E-state index in [-0.39, 0.29) is 5.91 Å². The molecule has 1 saturated heterocycles. The third-order valence-corrected chi connectivity index (χ3v) is 4.23. The minimum atomic E-state index is 0.157. The number of amides is 1. The highest BCUT2D eigenvalue weighted by atomic mass is 16.5. The Labute approximate surface area is 127 Å². The number of methoxy groups -OCH3 is 1. The predicted octanol–water partition coefficient (Wildman–Crippen LogP) is 2.09. The Balaban J connectivity index is 1.65. The van der Waals surface area contributed by atoms with Crippen molar-refractivity contribution in [3.05, 3.63) is 29.8 Å². The van der Waals surface area contributed by atoms with Gasteiger partial charge in [0.25, 0.3) is 0 Å². The van der Waals surface area contributed by atoms with E-state index in [2.05, 4.69) is 17.3 Å². The topological polar surface area (TPSA) is 41.6 Å². The molecule has 0 aromatic heterocycles. The Morgan fingerprint density at radius 3 is 2.57 bits per heavy atom. The molecular weight excluding hydrogens is 264 g/mol. The maximum Gasteiger partial charge on any atom is 0.220 e. The Morgan fingerprint density at radius 2 is 1.95 bits per heavy atom. The standard InChI is InChI=1S/C17H26N2O2/c1-19-11-9-15(10-12-19)13-18-17(20)8-5-14-3-6-16(21-2)7-4-14/h3-4,6-7,15H,5,8-13H2,1-2H3,(H,18,20). The van der Waals surface area contributed by atoms with Crippen molar-refractivity contribution < 1.29 is 9.53 Å². The molecule has 1 amide bonds. The van der Waals surface area contributed by atoms with Crippen LogP contribution in [0.3, 0.4) is 0 Å². The van der Waals surface area contributed by atoms with Crippen LogP contribution in [0.5, 0.6) is 5.75 Å². The Bertz CT molecular complexity index is 437. The molecule has 0 aliphatic carbocycles. The summed E-state index contributed by atoms with van der Waals surface area (Å²) < 4.78 is 5.13. The van der Waals surface area contributed by atoms with Gasteiger partial charge in [-0.3, -0.25) is 4.79 Å². The quantitative estimate of drug-likeness (QED) is 0.872. The highest BCUT2D eigenvalue weighted by Crippen LogP contribution is 2.15. The lowest BCUT2D eigenvalue weighted by Crippen LogP contribution is -2.36. The van der Waals surface area contributed by atoms with E-state index in [0.29, 0.717) is 12.3 Å². The van der Waals surface area contributed by atoms with Crippen molar-refractivity contribution in [3.8, 4) is 5.75 Å². The number of nitrogens with zero attached hydrogens (tertiary/aromatic N) is 1. The van der Waals surface area contributed by atoms with Gasteiger partial charge in [0.1, 0.15) is 5.75 Å². The first-order valence-corrected chi connectivity index (χ1v) is 7.75. The van der Waals surface area contributed by atoms with E-state index in [4.69, 9.17) is 4.74 Å². The summed E-state index contributed by atoms with van der Waals surface area (Å²) >= 11 is 0. The molecule has 116 valence electrons. The number of nitrogens with one attached hydrogen (secondary N) is 1. The SMILES string of the molecule is COc1ccc(CCC(=O)NCC2CCN(C)CC2)cc1. The third-order valence-electron chi connectivity index (χ3n) is 4.23. The molecule has 0 radical (unpaired) electrons. The number of piperidine rings is 1. The number of rotatable bonds is 6. The van der Waals surface area contributed by atoms with Crippen LogP contribution in [0.2, 0.25) is 0 Å². The Kier molecular flexibility index (Phi) is 6.05. The number of carbonyl (C=O) groups is 1. The van der Waals surface area contributed by atoms with Crippen LogP contribution in [0.1, 0.15) is 24.8 Å². The van der Waals surface area contributed by atoms with E-state index in [1.165, 1.54) is 18.4 Å². The fourth-order valence-corrected chi connectivity index (χ4v) is 2.66. The van der Waals surface area contributed by atoms with E-state index < -0.39 is 0 Å². The lowest BCUT2D eigenvalue weighted by atomic mass is 9.97. The maximum absolute atomic E-state index is 11.9. The predicted molar refractivity (Wildman–Crippen MR) is 84.5 cm³/mol. The van der Waals surface area contributed by atoms with Gasteiger partial charge in [0.2, 0.25) is 5.91 Å². The van der Waals surface area contributed by atoms with Crippen LogP contribution in [0.4, 0.5) is 0 Å². The molecule has 0 bridgehead atoms. The Morgan fingerprint density at radius 1 is 1.29 bits per heavy atom. The summed E-state index contributed by atoms with van der Waals surface area (Å²) in [6.07, 6.45) is 3.71. The number of likely N-dealkylation sites (tertiary alicyclic amines) is 1. The van der Waals surface area contributed by atoms with Gasteiger partial charge < -0.3 is 15.0 Å². The van der Waals surface area contributed by atoms with Crippen molar-refractivity contribution in [3.63, 3.8) is 0 Å². The van der Waals surface area contributed by atoms with Crippen molar-refractivity contribution in [1.29, 1.82) is 0 Å². The zero-order valence-corrected chi connectivity index (χ0v) is 13.1. The molecular formula is C17H26N2O2. The largest absolute Gasteiger partial charge is 0.497 e. The van der Waals surface area contributed by atoms with Gasteiger partial charge in [0, 0.05) is 13.0 Å². The monoisotopic (exact) mass is 290 g/mol. The molecule has 1 aliphatic rings. The number of aryl methyl sites for hydroxylation is 1. The molecule has 21 heavy (non-hydrogen) atoms. The number of hydrogen-bond donors (Lipinski definition) is 1. The van der Waals surface area contributed by atoms with Crippen molar-refractivity contribution in [2.24, 2.45) is 5.92 Å². The van der Waals surface area contributed by atoms with E-state index in [1.54, 1.807) is 7.11 Å². The molecule has 0 atom stereocenters. The summed E-state index contributed by atoms with van der Waals surface area (Å²) in [4.78, 5) is 14.2. The van der Waals surface area contributed by atoms with E-state index >= 15 is 0 Å². The van der Waals surface area contributed by atoms with Crippen LogP contribution in [0.15, 0.2) is 24.3 Å². The number of benzene rings is 1. The molecule has 1 aromatic carbocycles. The molecule has 2 rings (SSSR count). The van der Waals surface area contributed by atoms with Gasteiger partial charge in [-0.05, 0) is 63.0 Å². The first-order valence-electron chi connectivity index (χ1n) is 7.75. The first-order chi connectivity index (χ1) is 10.2. The zero-order valence-electron chi connectivity index (χ0n) is 13.1. The summed E-state index contributed by atoms with van der Waals surface area (Å²) in [7, 11) is 3.81. The smallest absolute Gasteiger partial charge is 0.220 e. The summed E-state index contributed by atoms with van der Waals surface area (Å²) in [6.45, 7) is 3.12. The summed E-state index contributed by atoms with van der Waals surface area (Å²) in [5.41, 5.74) is 1.17. The van der Waals surface area contributed by atoms with Crippen molar-refractivity contribution in [2.45, 2.75) is 25.7 Å². The van der Waals surface area contributed by atoms with Gasteiger partial charge in [-0.15, -0.1) is 0 Å². The van der Waals surface area contributed by atoms with Crippen LogP contribution in [-0.4, -0.2) is 44.6 Å². The minimum Gasteiger partial charge on any atom is -0.497 e. The maximum atomic E-state index is 11.9. The molecule has 1 heterocycles. The van der Waals surface area contributed by atoms with Crippen molar-refractivity contribution in [1.82, 2.24) is 10.2 Å². The number of carbonyl (C=O) groups excluding carboxylic acids is 1. The van der Waals surface area contributed by atoms with Crippen LogP contribution in [0, 0.1) is 5.92 Å². The van der Waals surface area contributed by atoms with Gasteiger partial charge in [-0.25, -0.2) is 0 Å². The molecule has 1 aliphatic heterocycles. The molecule has 4 nitrogen and oxygen atoms in total. The number of hydrogen-bond acceptors (Lipinski definition) is 3. The van der Waals surface area contributed by atoms with Crippen LogP contribution >= 0.6 is 0 Å². The van der Waals surface area contributed by atoms with Gasteiger partial charge >= 0.3 is 0 Å². The van der Waals surface area contributed by atoms with Crippen LogP contribution in [-0.2, 0) is 11.2 Å². The highest BCUT2D eigenvalue weighted by Gasteiger charge is 2.16. The summed E-state index contributed by atoms with van der Waals surface area (Å²) in [6, 6.07) is 7.91. The second-order valence-corrected chi connectivity index (χ2v) is 5.90. The van der Waals surface area contributed by atoms with E-state index in [9.17, 15) is 4.79 Å². The van der Waals surface area contributed by atoms with Gasteiger partial charge in [-0.1, -0.05) is 12.1 Å². The van der Waals surface area contributed by atoms with Crippen LogP contribution in [0.25, 0.3) is 0 Å². The molecule has 0 saturated carbocycles. The molecule has 0 unspecified atom stereocenters. The summed E-state index contributed by atoms with van der Waals surface area (Å²) in [5, 5.41) is 3.08. The average Bonchev–Trinajstić information content (AvgIpc) is 2.53.